The fourth-order valence-corrected chi connectivity index (χ4v) is 8.00. The lowest BCUT2D eigenvalue weighted by atomic mass is 9.63. The number of hydrogen-bond acceptors (Lipinski definition) is 6. The van der Waals surface area contributed by atoms with Crippen molar-refractivity contribution in [3.63, 3.8) is 0 Å². The van der Waals surface area contributed by atoms with Crippen LogP contribution in [-0.2, 0) is 5.41 Å². The number of fused-ring (bicyclic) bond motifs is 1. The molecule has 6 aromatic rings. The molecule has 1 atom stereocenters. The van der Waals surface area contributed by atoms with Crippen LogP contribution in [0.15, 0.2) is 127 Å². The maximum absolute atomic E-state index is 14.1. The van der Waals surface area contributed by atoms with Gasteiger partial charge in [0.25, 0.3) is 11.8 Å². The van der Waals surface area contributed by atoms with Gasteiger partial charge in [0.15, 0.2) is 11.6 Å². The van der Waals surface area contributed by atoms with Gasteiger partial charge in [-0.15, -0.1) is 0 Å². The summed E-state index contributed by atoms with van der Waals surface area (Å²) in [6.45, 7) is 8.99. The molecule has 1 aliphatic rings. The van der Waals surface area contributed by atoms with Crippen molar-refractivity contribution in [3.8, 4) is 11.5 Å². The zero-order valence-corrected chi connectivity index (χ0v) is 32.1. The minimum Gasteiger partial charge on any atom is -0.457 e. The van der Waals surface area contributed by atoms with Gasteiger partial charge in [-0.05, 0) is 122 Å². The first kappa shape index (κ1) is 36.7. The molecule has 0 radical (unpaired) electrons. The van der Waals surface area contributed by atoms with Crippen molar-refractivity contribution < 1.29 is 23.9 Å². The van der Waals surface area contributed by atoms with Crippen molar-refractivity contribution in [2.24, 2.45) is 0 Å². The number of hydrogen-bond donors (Lipinski definition) is 0. The van der Waals surface area contributed by atoms with E-state index >= 15 is 0 Å². The topological polar surface area (TPSA) is 84.0 Å². The summed E-state index contributed by atoms with van der Waals surface area (Å²) in [5, 5.41) is 0. The third-order valence-corrected chi connectivity index (χ3v) is 10.6. The molecule has 0 unspecified atom stereocenters. The number of anilines is 2. The second kappa shape index (κ2) is 14.3. The number of rotatable bonds is 10. The maximum atomic E-state index is 14.1. The van der Waals surface area contributed by atoms with Crippen LogP contribution in [-0.4, -0.2) is 37.5 Å². The average molecular weight is 727 g/mol. The zero-order valence-electron chi connectivity index (χ0n) is 32.1. The van der Waals surface area contributed by atoms with Gasteiger partial charge in [0.1, 0.15) is 11.5 Å². The number of carbonyl (C=O) groups excluding carboxylic acids is 4. The van der Waals surface area contributed by atoms with Gasteiger partial charge in [0.2, 0.25) is 0 Å². The quantitative estimate of drug-likeness (QED) is 0.0794. The van der Waals surface area contributed by atoms with Crippen molar-refractivity contribution in [3.05, 3.63) is 189 Å². The Balaban J connectivity index is 1.31. The predicted octanol–water partition coefficient (Wildman–Crippen LogP) is 10.1. The summed E-state index contributed by atoms with van der Waals surface area (Å²) in [7, 11) is 4.09. The number of nitrogens with zero attached hydrogens (tertiary/aromatic N) is 2. The number of aryl methyl sites for hydroxylation is 3. The van der Waals surface area contributed by atoms with Gasteiger partial charge in [-0.1, -0.05) is 78.9 Å². The smallest absolute Gasteiger partial charge is 0.266 e. The summed E-state index contributed by atoms with van der Waals surface area (Å²) in [6.07, 6.45) is 0. The van der Waals surface area contributed by atoms with Crippen LogP contribution in [0.25, 0.3) is 0 Å². The van der Waals surface area contributed by atoms with E-state index < -0.39 is 17.2 Å². The molecule has 0 spiro atoms. The molecule has 1 aliphatic heterocycles. The first-order valence-electron chi connectivity index (χ1n) is 18.2. The molecule has 0 saturated carbocycles. The standard InChI is InChI=1S/C48H42N2O5/c1-29-13-11-12-16-43(29)48(34-14-9-8-10-15-34,35-17-23-44(49(6)7)30(2)25-35)36-18-24-45(31(3)26-36)50-46(53)40-22-20-38(28-42(40)47(50)54)55-37-19-21-39(32(4)51)41(27-37)33(5)52/h8-28H,1-7H3/t48-/m0/s1. The van der Waals surface area contributed by atoms with Crippen molar-refractivity contribution in [2.75, 3.05) is 23.9 Å². The molecule has 7 rings (SSSR count). The molecule has 7 nitrogen and oxygen atoms in total. The molecule has 1 heterocycles. The van der Waals surface area contributed by atoms with Crippen LogP contribution in [0.2, 0.25) is 0 Å². The highest BCUT2D eigenvalue weighted by atomic mass is 16.5. The van der Waals surface area contributed by atoms with E-state index in [0.29, 0.717) is 22.7 Å². The van der Waals surface area contributed by atoms with Crippen LogP contribution < -0.4 is 14.5 Å². The summed E-state index contributed by atoms with van der Waals surface area (Å²) in [5.41, 5.74) is 9.30. The molecule has 0 aliphatic carbocycles. The monoisotopic (exact) mass is 726 g/mol. The van der Waals surface area contributed by atoms with Crippen LogP contribution in [0.3, 0.4) is 0 Å². The van der Waals surface area contributed by atoms with E-state index in [1.807, 2.05) is 39.2 Å². The Morgan fingerprint density at radius 3 is 1.80 bits per heavy atom. The molecular formula is C48H42N2O5. The number of imide groups is 1. The third-order valence-electron chi connectivity index (χ3n) is 10.6. The SMILES string of the molecule is CC(=O)c1ccc(Oc2ccc3c(c2)C(=O)N(c2ccc([C@](c4ccccc4)(c4ccc(N(C)C)c(C)c4)c4ccccc4C)cc2C)C3=O)cc1C(C)=O. The average Bonchev–Trinajstić information content (AvgIpc) is 3.40. The van der Waals surface area contributed by atoms with E-state index in [0.717, 1.165) is 44.6 Å². The number of amides is 2. The first-order valence-corrected chi connectivity index (χ1v) is 18.2. The summed E-state index contributed by atoms with van der Waals surface area (Å²) >= 11 is 0. The van der Waals surface area contributed by atoms with E-state index in [9.17, 15) is 19.2 Å². The van der Waals surface area contributed by atoms with Gasteiger partial charge in [0, 0.05) is 30.9 Å². The van der Waals surface area contributed by atoms with Crippen molar-refractivity contribution in [1.29, 1.82) is 0 Å². The van der Waals surface area contributed by atoms with E-state index in [4.69, 9.17) is 4.74 Å². The number of Topliss-reactive ketones (excluding diaryl/α,β-unsaturated/α-hetero) is 2. The lowest BCUT2D eigenvalue weighted by molar-refractivity contribution is 0.0923. The van der Waals surface area contributed by atoms with Crippen molar-refractivity contribution in [1.82, 2.24) is 0 Å². The summed E-state index contributed by atoms with van der Waals surface area (Å²) in [4.78, 5) is 55.7. The Kier molecular flexibility index (Phi) is 9.57. The molecular weight excluding hydrogens is 685 g/mol. The van der Waals surface area contributed by atoms with E-state index in [1.165, 1.54) is 24.8 Å². The molecule has 0 bridgehead atoms. The Morgan fingerprint density at radius 1 is 0.564 bits per heavy atom. The van der Waals surface area contributed by atoms with Crippen LogP contribution >= 0.6 is 0 Å². The molecule has 2 amide bonds. The van der Waals surface area contributed by atoms with Crippen molar-refractivity contribution >= 4 is 34.8 Å². The highest BCUT2D eigenvalue weighted by Crippen LogP contribution is 2.48. The van der Waals surface area contributed by atoms with Gasteiger partial charge < -0.3 is 9.64 Å². The predicted molar refractivity (Wildman–Crippen MR) is 217 cm³/mol. The second-order valence-corrected chi connectivity index (χ2v) is 14.4. The molecule has 55 heavy (non-hydrogen) atoms. The lowest BCUT2D eigenvalue weighted by Crippen LogP contribution is -2.33. The fourth-order valence-electron chi connectivity index (χ4n) is 8.00. The Labute approximate surface area is 321 Å². The highest BCUT2D eigenvalue weighted by molar-refractivity contribution is 6.34. The number of ether oxygens (including phenoxy) is 1. The molecule has 7 heteroatoms. The molecule has 274 valence electrons. The van der Waals surface area contributed by atoms with Gasteiger partial charge in [-0.25, -0.2) is 4.90 Å². The van der Waals surface area contributed by atoms with Crippen molar-refractivity contribution in [2.45, 2.75) is 40.0 Å². The molecule has 0 saturated heterocycles. The van der Waals surface area contributed by atoms with Gasteiger partial charge in [0.05, 0.1) is 22.2 Å². The van der Waals surface area contributed by atoms with Gasteiger partial charge in [-0.2, -0.15) is 0 Å². The third kappa shape index (κ3) is 6.31. The molecule has 6 aromatic carbocycles. The van der Waals surface area contributed by atoms with Crippen LogP contribution in [0, 0.1) is 20.8 Å². The normalized spacial score (nSPS) is 13.3. The first-order chi connectivity index (χ1) is 26.3. The second-order valence-electron chi connectivity index (χ2n) is 14.4. The summed E-state index contributed by atoms with van der Waals surface area (Å²) in [5.74, 6) is -0.718. The Bertz CT molecular complexity index is 2540. The van der Waals surface area contributed by atoms with E-state index in [2.05, 4.69) is 91.5 Å². The highest BCUT2D eigenvalue weighted by Gasteiger charge is 2.42. The Morgan fingerprint density at radius 2 is 1.16 bits per heavy atom. The number of benzene rings is 6. The fraction of sp³-hybridized carbons (Fsp3) is 0.167. The molecule has 0 fully saturated rings. The van der Waals surface area contributed by atoms with E-state index in [1.54, 1.807) is 30.3 Å². The number of carbonyl (C=O) groups is 4. The number of ketones is 2. The van der Waals surface area contributed by atoms with Crippen LogP contribution in [0.5, 0.6) is 11.5 Å². The molecule has 0 N–H and O–H groups in total. The van der Waals surface area contributed by atoms with Gasteiger partial charge in [-0.3, -0.25) is 19.2 Å². The maximum Gasteiger partial charge on any atom is 0.266 e. The lowest BCUT2D eigenvalue weighted by Gasteiger charge is -2.39. The molecule has 0 aromatic heterocycles. The van der Waals surface area contributed by atoms with E-state index in [-0.39, 0.29) is 28.3 Å². The summed E-state index contributed by atoms with van der Waals surface area (Å²) in [6, 6.07) is 41.0. The minimum absolute atomic E-state index is 0.216. The largest absolute Gasteiger partial charge is 0.457 e. The van der Waals surface area contributed by atoms with Gasteiger partial charge >= 0.3 is 0 Å². The zero-order chi connectivity index (χ0) is 39.2. The summed E-state index contributed by atoms with van der Waals surface area (Å²) < 4.78 is 6.05. The Hall–Kier alpha value is -6.60. The van der Waals surface area contributed by atoms with Crippen LogP contribution in [0.4, 0.5) is 11.4 Å². The minimum atomic E-state index is -0.732. The van der Waals surface area contributed by atoms with Crippen LogP contribution in [0.1, 0.15) is 94.2 Å².